The summed E-state index contributed by atoms with van der Waals surface area (Å²) in [5.74, 6) is 1.51. The second-order valence-corrected chi connectivity index (χ2v) is 10.0. The van der Waals surface area contributed by atoms with Crippen molar-refractivity contribution in [1.29, 1.82) is 0 Å². The summed E-state index contributed by atoms with van der Waals surface area (Å²) in [5.41, 5.74) is 2.75. The van der Waals surface area contributed by atoms with Gasteiger partial charge in [0.2, 0.25) is 0 Å². The Morgan fingerprint density at radius 2 is 1.46 bits per heavy atom. The number of halogens is 2. The molecule has 3 aromatic rings. The summed E-state index contributed by atoms with van der Waals surface area (Å²) < 4.78 is 18.9. The highest BCUT2D eigenvalue weighted by Gasteiger charge is 2.23. The van der Waals surface area contributed by atoms with E-state index in [9.17, 15) is 10.2 Å². The van der Waals surface area contributed by atoms with Crippen molar-refractivity contribution in [3.8, 4) is 11.5 Å². The average molecular weight is 616 g/mol. The molecule has 2 aromatic carbocycles. The monoisotopic (exact) mass is 615 g/mol. The first kappa shape index (κ1) is 27.7. The number of hydrogen-bond donors (Lipinski definition) is 2. The number of aliphatic hydroxyl groups is 2. The molecule has 0 unspecified atom stereocenters. The van der Waals surface area contributed by atoms with Crippen molar-refractivity contribution in [2.24, 2.45) is 0 Å². The largest absolute Gasteiger partial charge is 0.491 e. The zero-order valence-corrected chi connectivity index (χ0v) is 22.9. The second kappa shape index (κ2) is 12.9. The van der Waals surface area contributed by atoms with E-state index in [1.54, 1.807) is 11.8 Å². The maximum absolute atomic E-state index is 10.4. The van der Waals surface area contributed by atoms with Crippen LogP contribution in [-0.4, -0.2) is 63.6 Å². The van der Waals surface area contributed by atoms with Crippen LogP contribution in [0.5, 0.6) is 11.5 Å². The van der Waals surface area contributed by atoms with E-state index in [1.165, 1.54) is 0 Å². The van der Waals surface area contributed by atoms with Gasteiger partial charge in [-0.2, -0.15) is 0 Å². The lowest BCUT2D eigenvalue weighted by molar-refractivity contribution is 0.0880. The van der Waals surface area contributed by atoms with E-state index in [1.807, 2.05) is 48.5 Å². The molecule has 0 spiro atoms. The maximum Gasteiger partial charge on any atom is 0.125 e. The first-order chi connectivity index (χ1) is 16.7. The lowest BCUT2D eigenvalue weighted by Crippen LogP contribution is -2.25. The van der Waals surface area contributed by atoms with Crippen LogP contribution >= 0.6 is 34.2 Å². The molecule has 0 amide bonds. The number of ether oxygens (including phenoxy) is 3. The van der Waals surface area contributed by atoms with E-state index in [-0.39, 0.29) is 31.1 Å². The first-order valence-electron chi connectivity index (χ1n) is 11.2. The van der Waals surface area contributed by atoms with E-state index in [4.69, 9.17) is 25.8 Å². The van der Waals surface area contributed by atoms with Gasteiger partial charge in [0.15, 0.2) is 0 Å². The second-order valence-electron chi connectivity index (χ2n) is 8.70. The molecule has 0 aliphatic carbocycles. The van der Waals surface area contributed by atoms with Gasteiger partial charge in [-0.3, -0.25) is 0 Å². The van der Waals surface area contributed by atoms with Gasteiger partial charge >= 0.3 is 0 Å². The van der Waals surface area contributed by atoms with Crippen molar-refractivity contribution in [3.05, 3.63) is 69.1 Å². The number of aromatic nitrogens is 3. The first-order valence-corrected chi connectivity index (χ1v) is 12.8. The zero-order chi connectivity index (χ0) is 25.4. The van der Waals surface area contributed by atoms with Gasteiger partial charge in [0.25, 0.3) is 0 Å². The number of rotatable bonds is 13. The SMILES string of the molecule is COCc1nnn(C[C@@H](O)COc2ccc(C(C)(C)c3ccc(OC[C@H](O)CCl)cc3)cc2)c1I. The van der Waals surface area contributed by atoms with Gasteiger partial charge in [0.05, 0.1) is 19.0 Å². The molecular formula is C25H31ClIN3O5. The van der Waals surface area contributed by atoms with Crippen LogP contribution in [0.4, 0.5) is 0 Å². The topological polar surface area (TPSA) is 98.9 Å². The Kier molecular flexibility index (Phi) is 10.2. The van der Waals surface area contributed by atoms with Crippen LogP contribution in [-0.2, 0) is 23.3 Å². The summed E-state index contributed by atoms with van der Waals surface area (Å²) in [6.45, 7) is 5.26. The van der Waals surface area contributed by atoms with Crippen LogP contribution in [0.1, 0.15) is 30.7 Å². The van der Waals surface area contributed by atoms with E-state index in [2.05, 4.69) is 46.8 Å². The molecule has 35 heavy (non-hydrogen) atoms. The number of aliphatic hydroxyl groups excluding tert-OH is 2. The number of alkyl halides is 1. The van der Waals surface area contributed by atoms with Gasteiger partial charge in [0, 0.05) is 12.5 Å². The molecule has 2 N–H and O–H groups in total. The van der Waals surface area contributed by atoms with Crippen molar-refractivity contribution >= 4 is 34.2 Å². The molecule has 0 aliphatic rings. The Bertz CT molecular complexity index is 1060. The highest BCUT2D eigenvalue weighted by atomic mass is 127. The molecule has 1 heterocycles. The normalized spacial score (nSPS) is 13.5. The third-order valence-electron chi connectivity index (χ3n) is 5.62. The van der Waals surface area contributed by atoms with Gasteiger partial charge in [-0.15, -0.1) is 16.7 Å². The lowest BCUT2D eigenvalue weighted by atomic mass is 9.78. The molecule has 0 saturated carbocycles. The Balaban J connectivity index is 1.55. The van der Waals surface area contributed by atoms with Crippen LogP contribution in [0.3, 0.4) is 0 Å². The van der Waals surface area contributed by atoms with E-state index in [0.29, 0.717) is 18.1 Å². The number of nitrogens with zero attached hydrogens (tertiary/aromatic N) is 3. The molecule has 0 radical (unpaired) electrons. The standard InChI is InChI=1S/C25H31ClIN3O5/c1-25(2,17-4-8-21(9-5-17)34-14-19(31)12-26)18-6-10-22(11-7-18)35-15-20(32)13-30-24(27)23(16-33-3)28-29-30/h4-11,19-20,31-32H,12-16H2,1-3H3/t19-,20-/m1/s1. The van der Waals surface area contributed by atoms with Crippen molar-refractivity contribution in [2.75, 3.05) is 26.2 Å². The number of hydrogen-bond acceptors (Lipinski definition) is 7. The fraction of sp³-hybridized carbons (Fsp3) is 0.440. The fourth-order valence-corrected chi connectivity index (χ4v) is 4.11. The molecule has 190 valence electrons. The summed E-state index contributed by atoms with van der Waals surface area (Å²) in [5, 5.41) is 28.1. The minimum atomic E-state index is -0.733. The van der Waals surface area contributed by atoms with Crippen LogP contribution in [0, 0.1) is 3.70 Å². The smallest absolute Gasteiger partial charge is 0.125 e. The Labute approximate surface area is 224 Å². The summed E-state index contributed by atoms with van der Waals surface area (Å²) in [4.78, 5) is 0. The van der Waals surface area contributed by atoms with Gasteiger partial charge in [0.1, 0.15) is 46.3 Å². The zero-order valence-electron chi connectivity index (χ0n) is 20.0. The minimum absolute atomic E-state index is 0.137. The van der Waals surface area contributed by atoms with Crippen LogP contribution in [0.15, 0.2) is 48.5 Å². The van der Waals surface area contributed by atoms with Crippen molar-refractivity contribution in [1.82, 2.24) is 15.0 Å². The molecular weight excluding hydrogens is 585 g/mol. The molecule has 8 nitrogen and oxygen atoms in total. The van der Waals surface area contributed by atoms with Crippen molar-refractivity contribution < 1.29 is 24.4 Å². The molecule has 1 aromatic heterocycles. The summed E-state index contributed by atoms with van der Waals surface area (Å²) in [6, 6.07) is 15.7. The molecule has 0 saturated heterocycles. The third-order valence-corrected chi connectivity index (χ3v) is 7.15. The van der Waals surface area contributed by atoms with Crippen molar-refractivity contribution in [3.63, 3.8) is 0 Å². The van der Waals surface area contributed by atoms with Crippen LogP contribution < -0.4 is 9.47 Å². The predicted octanol–water partition coefficient (Wildman–Crippen LogP) is 3.77. The van der Waals surface area contributed by atoms with Gasteiger partial charge in [-0.25, -0.2) is 4.68 Å². The maximum atomic E-state index is 10.4. The van der Waals surface area contributed by atoms with Gasteiger partial charge < -0.3 is 24.4 Å². The van der Waals surface area contributed by atoms with Gasteiger partial charge in [-0.1, -0.05) is 43.3 Å². The van der Waals surface area contributed by atoms with E-state index >= 15 is 0 Å². The Morgan fingerprint density at radius 3 is 1.94 bits per heavy atom. The molecule has 0 fully saturated rings. The number of benzene rings is 2. The lowest BCUT2D eigenvalue weighted by Gasteiger charge is -2.26. The average Bonchev–Trinajstić information content (AvgIpc) is 3.20. The third kappa shape index (κ3) is 7.53. The molecule has 0 aliphatic heterocycles. The molecule has 0 bridgehead atoms. The van der Waals surface area contributed by atoms with Crippen molar-refractivity contribution in [2.45, 2.75) is 44.6 Å². The highest BCUT2D eigenvalue weighted by Crippen LogP contribution is 2.33. The quantitative estimate of drug-likeness (QED) is 0.223. The fourth-order valence-electron chi connectivity index (χ4n) is 3.46. The van der Waals surface area contributed by atoms with E-state index in [0.717, 1.165) is 20.5 Å². The van der Waals surface area contributed by atoms with E-state index < -0.39 is 12.2 Å². The van der Waals surface area contributed by atoms with Gasteiger partial charge in [-0.05, 0) is 58.0 Å². The molecule has 10 heteroatoms. The van der Waals surface area contributed by atoms with Crippen LogP contribution in [0.25, 0.3) is 0 Å². The summed E-state index contributed by atoms with van der Waals surface area (Å²) in [7, 11) is 1.60. The summed E-state index contributed by atoms with van der Waals surface area (Å²) >= 11 is 7.75. The highest BCUT2D eigenvalue weighted by molar-refractivity contribution is 14.1. The molecule has 3 rings (SSSR count). The minimum Gasteiger partial charge on any atom is -0.491 e. The summed E-state index contributed by atoms with van der Waals surface area (Å²) in [6.07, 6.45) is -1.42. The Morgan fingerprint density at radius 1 is 0.943 bits per heavy atom. The molecule has 2 atom stereocenters. The predicted molar refractivity (Wildman–Crippen MR) is 142 cm³/mol. The van der Waals surface area contributed by atoms with Crippen LogP contribution in [0.2, 0.25) is 0 Å². The Hall–Kier alpha value is -1.92. The number of methoxy groups -OCH3 is 1.